The molecule has 0 aliphatic heterocycles. The van der Waals surface area contributed by atoms with Gasteiger partial charge < -0.3 is 10.5 Å². The van der Waals surface area contributed by atoms with E-state index in [9.17, 15) is 9.18 Å². The van der Waals surface area contributed by atoms with E-state index in [1.807, 2.05) is 12.1 Å². The molecule has 150 valence electrons. The molecule has 1 atom stereocenters. The molecular formula is C22H33FN2O2. The molecule has 0 radical (unpaired) electrons. The second-order valence-corrected chi connectivity index (χ2v) is 8.42. The summed E-state index contributed by atoms with van der Waals surface area (Å²) in [4.78, 5) is 16.7. The molecule has 0 amide bonds. The molecule has 0 heterocycles. The van der Waals surface area contributed by atoms with Crippen LogP contribution in [-0.4, -0.2) is 19.1 Å². The first-order valence-corrected chi connectivity index (χ1v) is 10.5. The highest BCUT2D eigenvalue weighted by molar-refractivity contribution is 5.53. The minimum absolute atomic E-state index is 0.0287. The van der Waals surface area contributed by atoms with Crippen LogP contribution in [0.15, 0.2) is 24.3 Å². The number of rotatable bonds is 7. The summed E-state index contributed by atoms with van der Waals surface area (Å²) in [7, 11) is 0. The van der Waals surface area contributed by atoms with Gasteiger partial charge in [0.25, 0.3) is 0 Å². The number of hydrogen-bond donors (Lipinski definition) is 2. The first-order valence-electron chi connectivity index (χ1n) is 10.5. The van der Waals surface area contributed by atoms with E-state index < -0.39 is 0 Å². The van der Waals surface area contributed by atoms with Gasteiger partial charge in [-0.25, -0.2) is 4.39 Å². The van der Waals surface area contributed by atoms with E-state index in [0.717, 1.165) is 44.8 Å². The lowest BCUT2D eigenvalue weighted by Crippen LogP contribution is -2.44. The third-order valence-electron chi connectivity index (χ3n) is 6.62. The van der Waals surface area contributed by atoms with Gasteiger partial charge in [-0.05, 0) is 56.2 Å². The fourth-order valence-electron chi connectivity index (χ4n) is 4.76. The number of nitrogens with two attached hydrogens (primary N) is 1. The van der Waals surface area contributed by atoms with Crippen LogP contribution in [0.2, 0.25) is 0 Å². The zero-order valence-corrected chi connectivity index (χ0v) is 16.2. The van der Waals surface area contributed by atoms with E-state index in [0.29, 0.717) is 12.5 Å². The van der Waals surface area contributed by atoms with Crippen LogP contribution in [0.5, 0.6) is 0 Å². The lowest BCUT2D eigenvalue weighted by molar-refractivity contribution is -0.113. The maximum absolute atomic E-state index is 13.4. The topological polar surface area (TPSA) is 64.3 Å². The van der Waals surface area contributed by atoms with Crippen molar-refractivity contribution in [2.45, 2.75) is 75.9 Å². The summed E-state index contributed by atoms with van der Waals surface area (Å²) in [6.45, 7) is 0.690. The summed E-state index contributed by atoms with van der Waals surface area (Å²) in [6, 6.07) is 6.95. The second kappa shape index (κ2) is 9.76. The Hall–Kier alpha value is -1.30. The van der Waals surface area contributed by atoms with Gasteiger partial charge in [0, 0.05) is 23.8 Å². The highest BCUT2D eigenvalue weighted by Gasteiger charge is 2.33. The summed E-state index contributed by atoms with van der Waals surface area (Å²) in [5, 5.41) is 0. The first kappa shape index (κ1) is 20.4. The fourth-order valence-corrected chi connectivity index (χ4v) is 4.76. The summed E-state index contributed by atoms with van der Waals surface area (Å²) in [5.74, 6) is 0.290. The van der Waals surface area contributed by atoms with Crippen molar-refractivity contribution in [2.75, 3.05) is 6.54 Å². The molecule has 0 spiro atoms. The molecule has 3 rings (SSSR count). The van der Waals surface area contributed by atoms with Gasteiger partial charge in [0.2, 0.25) is 0 Å². The van der Waals surface area contributed by atoms with Gasteiger partial charge in [-0.3, -0.25) is 4.84 Å². The molecule has 0 aromatic heterocycles. The van der Waals surface area contributed by atoms with Crippen LogP contribution in [0, 0.1) is 17.7 Å². The predicted octanol–water partition coefficient (Wildman–Crippen LogP) is 4.23. The zero-order chi connectivity index (χ0) is 19.1. The molecule has 1 aromatic carbocycles. The Morgan fingerprint density at radius 1 is 1.11 bits per heavy atom. The van der Waals surface area contributed by atoms with Crippen molar-refractivity contribution in [1.29, 1.82) is 0 Å². The van der Waals surface area contributed by atoms with Crippen molar-refractivity contribution in [3.8, 4) is 0 Å². The van der Waals surface area contributed by atoms with Crippen LogP contribution in [0.25, 0.3) is 0 Å². The van der Waals surface area contributed by atoms with E-state index in [1.54, 1.807) is 12.1 Å². The lowest BCUT2D eigenvalue weighted by atomic mass is 9.74. The summed E-state index contributed by atoms with van der Waals surface area (Å²) < 4.78 is 13.4. The van der Waals surface area contributed by atoms with Crippen LogP contribution in [0.4, 0.5) is 4.39 Å². The molecule has 1 unspecified atom stereocenters. The SMILES string of the molecule is NC(ONCC1(c2ccc(F)cc2)CCCCCC1)C1CCC(C=O)CC1. The van der Waals surface area contributed by atoms with E-state index in [-0.39, 0.29) is 23.4 Å². The van der Waals surface area contributed by atoms with Gasteiger partial charge in [0.05, 0.1) is 0 Å². The van der Waals surface area contributed by atoms with Gasteiger partial charge in [-0.1, -0.05) is 37.8 Å². The zero-order valence-electron chi connectivity index (χ0n) is 16.2. The third kappa shape index (κ3) is 5.37. The number of halogens is 1. The normalized spacial score (nSPS) is 26.9. The van der Waals surface area contributed by atoms with Crippen LogP contribution >= 0.6 is 0 Å². The van der Waals surface area contributed by atoms with Crippen LogP contribution < -0.4 is 11.2 Å². The quantitative estimate of drug-likeness (QED) is 0.323. The van der Waals surface area contributed by atoms with Crippen LogP contribution in [0.1, 0.15) is 69.8 Å². The fraction of sp³-hybridized carbons (Fsp3) is 0.682. The van der Waals surface area contributed by atoms with Crippen LogP contribution in [-0.2, 0) is 15.0 Å². The smallest absolute Gasteiger partial charge is 0.129 e. The second-order valence-electron chi connectivity index (χ2n) is 8.42. The van der Waals surface area contributed by atoms with E-state index >= 15 is 0 Å². The van der Waals surface area contributed by atoms with E-state index in [1.165, 1.54) is 31.2 Å². The summed E-state index contributed by atoms with van der Waals surface area (Å²) in [6.07, 6.45) is 11.4. The molecule has 0 bridgehead atoms. The molecule has 2 aliphatic rings. The molecule has 0 saturated heterocycles. The number of hydroxylamine groups is 1. The molecular weight excluding hydrogens is 343 g/mol. The summed E-state index contributed by atoms with van der Waals surface area (Å²) in [5.41, 5.74) is 10.6. The van der Waals surface area contributed by atoms with Crippen molar-refractivity contribution in [3.63, 3.8) is 0 Å². The standard InChI is InChI=1S/C22H33FN2O2/c23-20-11-9-19(10-12-20)22(13-3-1-2-4-14-22)16-25-27-21(24)18-7-5-17(15-26)6-8-18/h9-12,15,17-18,21,25H,1-8,13-14,16,24H2. The van der Waals surface area contributed by atoms with Crippen molar-refractivity contribution in [2.24, 2.45) is 17.6 Å². The molecule has 3 N–H and O–H groups in total. The number of benzene rings is 1. The number of nitrogens with one attached hydrogen (secondary N) is 1. The van der Waals surface area contributed by atoms with Crippen molar-refractivity contribution < 1.29 is 14.0 Å². The van der Waals surface area contributed by atoms with Gasteiger partial charge in [-0.15, -0.1) is 0 Å². The maximum atomic E-state index is 13.4. The molecule has 2 fully saturated rings. The average Bonchev–Trinajstić information content (AvgIpc) is 2.95. The molecule has 5 heteroatoms. The average molecular weight is 377 g/mol. The molecule has 2 aliphatic carbocycles. The van der Waals surface area contributed by atoms with E-state index in [4.69, 9.17) is 10.6 Å². The Morgan fingerprint density at radius 2 is 1.74 bits per heavy atom. The maximum Gasteiger partial charge on any atom is 0.129 e. The Kier molecular flexibility index (Phi) is 7.39. The predicted molar refractivity (Wildman–Crippen MR) is 104 cm³/mol. The van der Waals surface area contributed by atoms with Crippen molar-refractivity contribution in [3.05, 3.63) is 35.6 Å². The largest absolute Gasteiger partial charge is 0.304 e. The Morgan fingerprint density at radius 3 is 2.33 bits per heavy atom. The lowest BCUT2D eigenvalue weighted by Gasteiger charge is -2.35. The van der Waals surface area contributed by atoms with Gasteiger partial charge in [0.1, 0.15) is 18.3 Å². The minimum Gasteiger partial charge on any atom is -0.304 e. The molecule has 2 saturated carbocycles. The summed E-state index contributed by atoms with van der Waals surface area (Å²) >= 11 is 0. The molecule has 4 nitrogen and oxygen atoms in total. The third-order valence-corrected chi connectivity index (χ3v) is 6.62. The van der Waals surface area contributed by atoms with Crippen molar-refractivity contribution >= 4 is 6.29 Å². The molecule has 1 aromatic rings. The minimum atomic E-state index is -0.353. The number of hydrogen-bond acceptors (Lipinski definition) is 4. The molecule has 27 heavy (non-hydrogen) atoms. The Labute approximate surface area is 162 Å². The van der Waals surface area contributed by atoms with Gasteiger partial charge in [-0.2, -0.15) is 5.48 Å². The number of aldehydes is 1. The van der Waals surface area contributed by atoms with Crippen molar-refractivity contribution in [1.82, 2.24) is 5.48 Å². The first-order chi connectivity index (χ1) is 13.1. The van der Waals surface area contributed by atoms with E-state index in [2.05, 4.69) is 5.48 Å². The number of carbonyl (C=O) groups is 1. The Balaban J connectivity index is 1.58. The number of carbonyl (C=O) groups excluding carboxylic acids is 1. The van der Waals surface area contributed by atoms with Gasteiger partial charge in [0.15, 0.2) is 0 Å². The monoisotopic (exact) mass is 376 g/mol. The van der Waals surface area contributed by atoms with Gasteiger partial charge >= 0.3 is 0 Å². The highest BCUT2D eigenvalue weighted by Crippen LogP contribution is 2.38. The van der Waals surface area contributed by atoms with Crippen LogP contribution in [0.3, 0.4) is 0 Å². The highest BCUT2D eigenvalue weighted by atomic mass is 19.1. The Bertz CT molecular complexity index is 576.